The van der Waals surface area contributed by atoms with E-state index in [1.807, 2.05) is 24.3 Å². The summed E-state index contributed by atoms with van der Waals surface area (Å²) in [6, 6.07) is 13.5. The first-order valence-corrected chi connectivity index (χ1v) is 7.99. The van der Waals surface area contributed by atoms with Crippen LogP contribution >= 0.6 is 0 Å². The molecule has 1 atom stereocenters. The molecule has 2 aromatic carbocycles. The van der Waals surface area contributed by atoms with Crippen molar-refractivity contribution in [2.24, 2.45) is 0 Å². The normalized spacial score (nSPS) is 16.9. The smallest absolute Gasteiger partial charge is 0.271 e. The fourth-order valence-electron chi connectivity index (χ4n) is 2.97. The molecule has 0 aromatic heterocycles. The standard InChI is InChI=1S/C18H19N3O4/c1-25-12-13-5-2-3-8-16(13)19-17-9-10-20(18(17)22)14-6-4-7-15(11-14)21(23)24/h2-8,11,17,19H,9-10,12H2,1H3. The summed E-state index contributed by atoms with van der Waals surface area (Å²) in [5.41, 5.74) is 2.37. The predicted molar refractivity (Wildman–Crippen MR) is 94.6 cm³/mol. The van der Waals surface area contributed by atoms with Crippen LogP contribution in [0.2, 0.25) is 0 Å². The van der Waals surface area contributed by atoms with E-state index in [1.165, 1.54) is 12.1 Å². The highest BCUT2D eigenvalue weighted by Crippen LogP contribution is 2.27. The Morgan fingerprint density at radius 2 is 2.08 bits per heavy atom. The molecule has 1 aliphatic rings. The van der Waals surface area contributed by atoms with Crippen molar-refractivity contribution in [1.29, 1.82) is 0 Å². The molecule has 0 saturated carbocycles. The number of methoxy groups -OCH3 is 1. The monoisotopic (exact) mass is 341 g/mol. The minimum Gasteiger partial charge on any atom is -0.380 e. The zero-order valence-corrected chi connectivity index (χ0v) is 13.8. The topological polar surface area (TPSA) is 84.7 Å². The van der Waals surface area contributed by atoms with E-state index in [4.69, 9.17) is 4.74 Å². The molecular formula is C18H19N3O4. The molecule has 1 unspecified atom stereocenters. The van der Waals surface area contributed by atoms with Gasteiger partial charge in [-0.3, -0.25) is 14.9 Å². The van der Waals surface area contributed by atoms with Crippen molar-refractivity contribution in [1.82, 2.24) is 0 Å². The zero-order valence-electron chi connectivity index (χ0n) is 13.8. The van der Waals surface area contributed by atoms with Crippen LogP contribution in [0.15, 0.2) is 48.5 Å². The number of ether oxygens (including phenoxy) is 1. The first-order chi connectivity index (χ1) is 12.1. The largest absolute Gasteiger partial charge is 0.380 e. The van der Waals surface area contributed by atoms with Crippen molar-refractivity contribution < 1.29 is 14.5 Å². The second-order valence-electron chi connectivity index (χ2n) is 5.84. The summed E-state index contributed by atoms with van der Waals surface area (Å²) < 4.78 is 5.19. The van der Waals surface area contributed by atoms with Gasteiger partial charge in [0.1, 0.15) is 6.04 Å². The molecule has 0 radical (unpaired) electrons. The van der Waals surface area contributed by atoms with E-state index in [-0.39, 0.29) is 17.6 Å². The van der Waals surface area contributed by atoms with Crippen LogP contribution in [0.1, 0.15) is 12.0 Å². The highest BCUT2D eigenvalue weighted by molar-refractivity contribution is 6.01. The van der Waals surface area contributed by atoms with Gasteiger partial charge in [-0.25, -0.2) is 0 Å². The molecule has 7 nitrogen and oxygen atoms in total. The summed E-state index contributed by atoms with van der Waals surface area (Å²) in [5, 5.41) is 14.2. The summed E-state index contributed by atoms with van der Waals surface area (Å²) in [6.45, 7) is 0.975. The van der Waals surface area contributed by atoms with Crippen LogP contribution in [0.25, 0.3) is 0 Å². The maximum atomic E-state index is 12.7. The minimum atomic E-state index is -0.458. The van der Waals surface area contributed by atoms with E-state index < -0.39 is 4.92 Å². The van der Waals surface area contributed by atoms with Gasteiger partial charge in [0, 0.05) is 37.0 Å². The first-order valence-electron chi connectivity index (χ1n) is 7.99. The number of benzene rings is 2. The maximum Gasteiger partial charge on any atom is 0.271 e. The number of hydrogen-bond acceptors (Lipinski definition) is 5. The molecule has 3 rings (SSSR count). The van der Waals surface area contributed by atoms with Crippen LogP contribution in [0.5, 0.6) is 0 Å². The minimum absolute atomic E-state index is 0.0212. The molecule has 1 N–H and O–H groups in total. The van der Waals surface area contributed by atoms with Gasteiger partial charge < -0.3 is 15.0 Å². The van der Waals surface area contributed by atoms with Crippen LogP contribution < -0.4 is 10.2 Å². The van der Waals surface area contributed by atoms with Crippen molar-refractivity contribution in [2.45, 2.75) is 19.1 Å². The van der Waals surface area contributed by atoms with Gasteiger partial charge in [0.05, 0.1) is 17.2 Å². The molecular weight excluding hydrogens is 322 g/mol. The lowest BCUT2D eigenvalue weighted by molar-refractivity contribution is -0.384. The number of rotatable bonds is 6. The van der Waals surface area contributed by atoms with Gasteiger partial charge in [0.25, 0.3) is 5.69 Å². The van der Waals surface area contributed by atoms with Crippen LogP contribution in [0, 0.1) is 10.1 Å². The van der Waals surface area contributed by atoms with Crippen LogP contribution in [0.4, 0.5) is 17.1 Å². The Morgan fingerprint density at radius 1 is 1.28 bits per heavy atom. The molecule has 130 valence electrons. The van der Waals surface area contributed by atoms with Gasteiger partial charge in [0.15, 0.2) is 0 Å². The number of carbonyl (C=O) groups excluding carboxylic acids is 1. The Bertz CT molecular complexity index is 793. The summed E-state index contributed by atoms with van der Waals surface area (Å²) >= 11 is 0. The van der Waals surface area contributed by atoms with Gasteiger partial charge in [0.2, 0.25) is 5.91 Å². The average Bonchev–Trinajstić information content (AvgIpc) is 2.98. The number of amides is 1. The summed E-state index contributed by atoms with van der Waals surface area (Å²) in [5.74, 6) is -0.0901. The van der Waals surface area contributed by atoms with Gasteiger partial charge in [-0.2, -0.15) is 0 Å². The predicted octanol–water partition coefficient (Wildman–Crippen LogP) is 2.96. The van der Waals surface area contributed by atoms with E-state index >= 15 is 0 Å². The number of nitrogens with zero attached hydrogens (tertiary/aromatic N) is 2. The van der Waals surface area contributed by atoms with Crippen molar-refractivity contribution in [2.75, 3.05) is 23.9 Å². The van der Waals surface area contributed by atoms with Gasteiger partial charge >= 0.3 is 0 Å². The Hall–Kier alpha value is -2.93. The number of anilines is 2. The van der Waals surface area contributed by atoms with Crippen LogP contribution in [0.3, 0.4) is 0 Å². The van der Waals surface area contributed by atoms with Crippen molar-refractivity contribution in [3.05, 3.63) is 64.2 Å². The molecule has 1 heterocycles. The van der Waals surface area contributed by atoms with Gasteiger partial charge in [-0.1, -0.05) is 24.3 Å². The second-order valence-corrected chi connectivity index (χ2v) is 5.84. The molecule has 1 aliphatic heterocycles. The maximum absolute atomic E-state index is 12.7. The van der Waals surface area contributed by atoms with Crippen molar-refractivity contribution in [3.8, 4) is 0 Å². The van der Waals surface area contributed by atoms with E-state index in [2.05, 4.69) is 5.32 Å². The number of non-ortho nitro benzene ring substituents is 1. The first kappa shape index (κ1) is 16.9. The molecule has 1 amide bonds. The third-order valence-electron chi connectivity index (χ3n) is 4.20. The van der Waals surface area contributed by atoms with Gasteiger partial charge in [-0.05, 0) is 18.6 Å². The fourth-order valence-corrected chi connectivity index (χ4v) is 2.97. The average molecular weight is 341 g/mol. The molecule has 0 aliphatic carbocycles. The third-order valence-corrected chi connectivity index (χ3v) is 4.20. The lowest BCUT2D eigenvalue weighted by Gasteiger charge is -2.19. The van der Waals surface area contributed by atoms with Gasteiger partial charge in [-0.15, -0.1) is 0 Å². The Kier molecular flexibility index (Phi) is 4.95. The zero-order chi connectivity index (χ0) is 17.8. The molecule has 1 fully saturated rings. The van der Waals surface area contributed by atoms with Crippen LogP contribution in [-0.2, 0) is 16.1 Å². The molecule has 1 saturated heterocycles. The molecule has 2 aromatic rings. The highest BCUT2D eigenvalue weighted by atomic mass is 16.6. The Morgan fingerprint density at radius 3 is 2.84 bits per heavy atom. The fraction of sp³-hybridized carbons (Fsp3) is 0.278. The SMILES string of the molecule is COCc1ccccc1NC1CCN(c2cccc([N+](=O)[O-])c2)C1=O. The number of para-hydroxylation sites is 1. The van der Waals surface area contributed by atoms with E-state index in [0.29, 0.717) is 25.3 Å². The second kappa shape index (κ2) is 7.31. The number of carbonyl (C=O) groups is 1. The summed E-state index contributed by atoms with van der Waals surface area (Å²) in [7, 11) is 1.63. The van der Waals surface area contributed by atoms with E-state index in [0.717, 1.165) is 11.3 Å². The number of nitro groups is 1. The molecule has 25 heavy (non-hydrogen) atoms. The quantitative estimate of drug-likeness (QED) is 0.645. The van der Waals surface area contributed by atoms with E-state index in [9.17, 15) is 14.9 Å². The van der Waals surface area contributed by atoms with Crippen molar-refractivity contribution >= 4 is 23.0 Å². The molecule has 0 bridgehead atoms. The summed E-state index contributed by atoms with van der Waals surface area (Å²) in [4.78, 5) is 24.8. The van der Waals surface area contributed by atoms with E-state index in [1.54, 1.807) is 24.1 Å². The van der Waals surface area contributed by atoms with Crippen LogP contribution in [-0.4, -0.2) is 30.5 Å². The number of nitrogens with one attached hydrogen (secondary N) is 1. The number of hydrogen-bond donors (Lipinski definition) is 1. The third kappa shape index (κ3) is 3.61. The Balaban J connectivity index is 1.76. The highest BCUT2D eigenvalue weighted by Gasteiger charge is 2.33. The Labute approximate surface area is 145 Å². The van der Waals surface area contributed by atoms with Crippen molar-refractivity contribution in [3.63, 3.8) is 0 Å². The lowest BCUT2D eigenvalue weighted by Crippen LogP contribution is -2.33. The lowest BCUT2D eigenvalue weighted by atomic mass is 10.1. The molecule has 0 spiro atoms. The number of nitro benzene ring substituents is 1. The summed E-state index contributed by atoms with van der Waals surface area (Å²) in [6.07, 6.45) is 0.628. The molecule has 7 heteroatoms.